The SMILES string of the molecule is Cc1csc(NC(=O)c2cn(C(C)C)c3ccc(Cl)cc3c2=O)n1. The fourth-order valence-corrected chi connectivity index (χ4v) is 3.35. The topological polar surface area (TPSA) is 64.0 Å². The Morgan fingerprint density at radius 1 is 1.38 bits per heavy atom. The second-order valence-electron chi connectivity index (χ2n) is 5.78. The molecule has 0 aliphatic carbocycles. The molecular weight excluding hydrogens is 346 g/mol. The zero-order chi connectivity index (χ0) is 17.4. The lowest BCUT2D eigenvalue weighted by atomic mass is 10.1. The van der Waals surface area contributed by atoms with E-state index in [0.29, 0.717) is 15.5 Å². The molecule has 7 heteroatoms. The summed E-state index contributed by atoms with van der Waals surface area (Å²) in [4.78, 5) is 29.5. The molecular formula is C17H16ClN3O2S. The van der Waals surface area contributed by atoms with E-state index in [4.69, 9.17) is 11.6 Å². The van der Waals surface area contributed by atoms with E-state index in [2.05, 4.69) is 10.3 Å². The molecule has 2 aromatic heterocycles. The number of benzene rings is 1. The first-order valence-corrected chi connectivity index (χ1v) is 8.70. The van der Waals surface area contributed by atoms with Crippen LogP contribution in [-0.2, 0) is 0 Å². The number of nitrogens with zero attached hydrogens (tertiary/aromatic N) is 2. The van der Waals surface area contributed by atoms with Crippen LogP contribution in [0.1, 0.15) is 35.9 Å². The minimum atomic E-state index is -0.467. The van der Waals surface area contributed by atoms with Crippen LogP contribution >= 0.6 is 22.9 Å². The number of thiazole rings is 1. The third-order valence-electron chi connectivity index (χ3n) is 3.63. The number of carbonyl (C=O) groups is 1. The van der Waals surface area contributed by atoms with Gasteiger partial charge in [-0.15, -0.1) is 11.3 Å². The maximum absolute atomic E-state index is 12.7. The van der Waals surface area contributed by atoms with Gasteiger partial charge in [0.2, 0.25) is 5.43 Å². The number of pyridine rings is 1. The van der Waals surface area contributed by atoms with Gasteiger partial charge in [0, 0.05) is 28.0 Å². The van der Waals surface area contributed by atoms with Crippen molar-refractivity contribution in [2.24, 2.45) is 0 Å². The summed E-state index contributed by atoms with van der Waals surface area (Å²) >= 11 is 7.35. The highest BCUT2D eigenvalue weighted by atomic mass is 35.5. The number of aromatic nitrogens is 2. The Labute approximate surface area is 147 Å². The summed E-state index contributed by atoms with van der Waals surface area (Å²) in [6.07, 6.45) is 1.60. The lowest BCUT2D eigenvalue weighted by Gasteiger charge is -2.16. The third-order valence-corrected chi connectivity index (χ3v) is 4.75. The van der Waals surface area contributed by atoms with E-state index in [-0.39, 0.29) is 17.0 Å². The van der Waals surface area contributed by atoms with Gasteiger partial charge >= 0.3 is 0 Å². The first kappa shape index (κ1) is 16.7. The van der Waals surface area contributed by atoms with Gasteiger partial charge in [-0.1, -0.05) is 11.6 Å². The molecule has 0 bridgehead atoms. The molecule has 5 nitrogen and oxygen atoms in total. The van der Waals surface area contributed by atoms with Crippen molar-refractivity contribution < 1.29 is 4.79 Å². The van der Waals surface area contributed by atoms with E-state index in [9.17, 15) is 9.59 Å². The molecule has 2 heterocycles. The number of hydrogen-bond acceptors (Lipinski definition) is 4. The molecule has 1 aromatic carbocycles. The average molecular weight is 362 g/mol. The first-order chi connectivity index (χ1) is 11.4. The zero-order valence-electron chi connectivity index (χ0n) is 13.5. The number of aryl methyl sites for hydroxylation is 1. The van der Waals surface area contributed by atoms with Crippen LogP contribution in [0.25, 0.3) is 10.9 Å². The molecule has 0 fully saturated rings. The normalized spacial score (nSPS) is 11.2. The zero-order valence-corrected chi connectivity index (χ0v) is 15.0. The highest BCUT2D eigenvalue weighted by molar-refractivity contribution is 7.13. The van der Waals surface area contributed by atoms with E-state index in [1.807, 2.05) is 30.7 Å². The number of halogens is 1. The Bertz CT molecular complexity index is 991. The highest BCUT2D eigenvalue weighted by Crippen LogP contribution is 2.21. The van der Waals surface area contributed by atoms with Gasteiger partial charge in [-0.05, 0) is 39.0 Å². The van der Waals surface area contributed by atoms with E-state index >= 15 is 0 Å². The quantitative estimate of drug-likeness (QED) is 0.758. The van der Waals surface area contributed by atoms with Crippen molar-refractivity contribution in [3.8, 4) is 0 Å². The summed E-state index contributed by atoms with van der Waals surface area (Å²) in [6, 6.07) is 5.22. The molecule has 3 aromatic rings. The van der Waals surface area contributed by atoms with E-state index in [1.165, 1.54) is 11.3 Å². The van der Waals surface area contributed by atoms with Crippen LogP contribution in [-0.4, -0.2) is 15.5 Å². The predicted octanol–water partition coefficient (Wildman–Crippen LogP) is 4.25. The summed E-state index contributed by atoms with van der Waals surface area (Å²) in [5.74, 6) is -0.467. The summed E-state index contributed by atoms with van der Waals surface area (Å²) < 4.78 is 1.90. The average Bonchev–Trinajstić information content (AvgIpc) is 2.92. The Hall–Kier alpha value is -2.18. The van der Waals surface area contributed by atoms with Crippen molar-refractivity contribution in [3.63, 3.8) is 0 Å². The molecule has 3 rings (SSSR count). The van der Waals surface area contributed by atoms with Gasteiger partial charge < -0.3 is 4.57 Å². The van der Waals surface area contributed by atoms with Crippen molar-refractivity contribution >= 4 is 44.9 Å². The van der Waals surface area contributed by atoms with E-state index in [1.54, 1.807) is 24.4 Å². The smallest absolute Gasteiger partial charge is 0.262 e. The van der Waals surface area contributed by atoms with Crippen LogP contribution in [0, 0.1) is 6.92 Å². The van der Waals surface area contributed by atoms with E-state index < -0.39 is 5.91 Å². The van der Waals surface area contributed by atoms with Gasteiger partial charge in [-0.25, -0.2) is 4.98 Å². The van der Waals surface area contributed by atoms with Crippen molar-refractivity contribution in [1.82, 2.24) is 9.55 Å². The summed E-state index contributed by atoms with van der Waals surface area (Å²) in [6.45, 7) is 5.82. The monoisotopic (exact) mass is 361 g/mol. The molecule has 0 atom stereocenters. The second-order valence-corrected chi connectivity index (χ2v) is 7.08. The maximum Gasteiger partial charge on any atom is 0.262 e. The molecule has 24 heavy (non-hydrogen) atoms. The molecule has 0 spiro atoms. The van der Waals surface area contributed by atoms with Gasteiger partial charge in [0.15, 0.2) is 5.13 Å². The fourth-order valence-electron chi connectivity index (χ4n) is 2.49. The molecule has 124 valence electrons. The van der Waals surface area contributed by atoms with Crippen LogP contribution in [0.5, 0.6) is 0 Å². The molecule has 0 aliphatic rings. The number of fused-ring (bicyclic) bond motifs is 1. The predicted molar refractivity (Wildman–Crippen MR) is 98.4 cm³/mol. The third kappa shape index (κ3) is 3.07. The lowest BCUT2D eigenvalue weighted by Crippen LogP contribution is -2.24. The van der Waals surface area contributed by atoms with Gasteiger partial charge in [0.25, 0.3) is 5.91 Å². The van der Waals surface area contributed by atoms with Crippen LogP contribution in [0.3, 0.4) is 0 Å². The minimum Gasteiger partial charge on any atom is -0.344 e. The van der Waals surface area contributed by atoms with Crippen LogP contribution in [0.15, 0.2) is 34.6 Å². The van der Waals surface area contributed by atoms with Crippen molar-refractivity contribution in [3.05, 3.63) is 56.3 Å². The fraction of sp³-hybridized carbons (Fsp3) is 0.235. The lowest BCUT2D eigenvalue weighted by molar-refractivity contribution is 0.102. The standard InChI is InChI=1S/C17H16ClN3O2S/c1-9(2)21-7-13(16(23)20-17-19-10(3)8-24-17)15(22)12-6-11(18)4-5-14(12)21/h4-9H,1-3H3,(H,19,20,23). The number of anilines is 1. The van der Waals surface area contributed by atoms with Crippen LogP contribution in [0.2, 0.25) is 5.02 Å². The van der Waals surface area contributed by atoms with Gasteiger partial charge in [-0.2, -0.15) is 0 Å². The summed E-state index contributed by atoms with van der Waals surface area (Å²) in [5.41, 5.74) is 1.31. The highest BCUT2D eigenvalue weighted by Gasteiger charge is 2.18. The number of hydrogen-bond donors (Lipinski definition) is 1. The molecule has 1 N–H and O–H groups in total. The molecule has 1 amide bonds. The Morgan fingerprint density at radius 2 is 2.12 bits per heavy atom. The Balaban J connectivity index is 2.15. The molecule has 0 saturated carbocycles. The summed E-state index contributed by atoms with van der Waals surface area (Å²) in [5, 5.41) is 5.89. The number of rotatable bonds is 3. The number of nitrogens with one attached hydrogen (secondary N) is 1. The van der Waals surface area contributed by atoms with Crippen molar-refractivity contribution in [2.75, 3.05) is 5.32 Å². The molecule has 0 unspecified atom stereocenters. The Morgan fingerprint density at radius 3 is 2.75 bits per heavy atom. The maximum atomic E-state index is 12.7. The van der Waals surface area contributed by atoms with Gasteiger partial charge in [0.1, 0.15) is 5.56 Å². The number of amides is 1. The van der Waals surface area contributed by atoms with Crippen LogP contribution < -0.4 is 10.7 Å². The van der Waals surface area contributed by atoms with E-state index in [0.717, 1.165) is 11.2 Å². The number of carbonyl (C=O) groups excluding carboxylic acids is 1. The van der Waals surface area contributed by atoms with Gasteiger partial charge in [0.05, 0.1) is 11.2 Å². The second kappa shape index (κ2) is 6.37. The van der Waals surface area contributed by atoms with Gasteiger partial charge in [-0.3, -0.25) is 14.9 Å². The minimum absolute atomic E-state index is 0.0753. The first-order valence-electron chi connectivity index (χ1n) is 7.44. The van der Waals surface area contributed by atoms with Crippen LogP contribution in [0.4, 0.5) is 5.13 Å². The largest absolute Gasteiger partial charge is 0.344 e. The Kier molecular flexibility index (Phi) is 4.43. The molecule has 0 aliphatic heterocycles. The van der Waals surface area contributed by atoms with Crippen molar-refractivity contribution in [2.45, 2.75) is 26.8 Å². The summed E-state index contributed by atoms with van der Waals surface area (Å²) in [7, 11) is 0. The molecule has 0 radical (unpaired) electrons. The molecule has 0 saturated heterocycles. The van der Waals surface area contributed by atoms with Crippen molar-refractivity contribution in [1.29, 1.82) is 0 Å².